The minimum absolute atomic E-state index is 0. The Labute approximate surface area is 130 Å². The molecule has 0 aliphatic heterocycles. The Morgan fingerprint density at radius 3 is 2.76 bits per heavy atom. The van der Waals surface area contributed by atoms with Crippen LogP contribution in [-0.4, -0.2) is 40.8 Å². The van der Waals surface area contributed by atoms with Crippen molar-refractivity contribution in [3.8, 4) is 5.69 Å². The molecule has 6 nitrogen and oxygen atoms in total. The van der Waals surface area contributed by atoms with Crippen LogP contribution in [0, 0.1) is 6.92 Å². The average molecular weight is 310 g/mol. The van der Waals surface area contributed by atoms with E-state index in [9.17, 15) is 4.79 Å². The number of halogens is 1. The first kappa shape index (κ1) is 17.1. The van der Waals surface area contributed by atoms with Gasteiger partial charge in [-0.15, -0.1) is 12.4 Å². The van der Waals surface area contributed by atoms with Crippen LogP contribution in [0.1, 0.15) is 22.3 Å². The molecular formula is C14H20ClN5O. The van der Waals surface area contributed by atoms with E-state index in [4.69, 9.17) is 0 Å². The van der Waals surface area contributed by atoms with Crippen LogP contribution in [0.15, 0.2) is 30.9 Å². The molecule has 21 heavy (non-hydrogen) atoms. The summed E-state index contributed by atoms with van der Waals surface area (Å²) in [4.78, 5) is 15.9. The van der Waals surface area contributed by atoms with Gasteiger partial charge in [0.2, 0.25) is 0 Å². The normalized spacial score (nSPS) is 10.0. The van der Waals surface area contributed by atoms with E-state index in [0.717, 1.165) is 24.2 Å². The molecule has 0 unspecified atom stereocenters. The summed E-state index contributed by atoms with van der Waals surface area (Å²) in [5, 5.41) is 10.0. The van der Waals surface area contributed by atoms with Crippen molar-refractivity contribution < 1.29 is 4.79 Å². The van der Waals surface area contributed by atoms with Gasteiger partial charge in [-0.3, -0.25) is 4.79 Å². The van der Waals surface area contributed by atoms with Gasteiger partial charge >= 0.3 is 0 Å². The number of benzene rings is 1. The third-order valence-electron chi connectivity index (χ3n) is 3.01. The fraction of sp³-hybridized carbons (Fsp3) is 0.357. The number of carbonyl (C=O) groups excluding carboxylic acids is 1. The fourth-order valence-corrected chi connectivity index (χ4v) is 1.96. The maximum atomic E-state index is 12.0. The van der Waals surface area contributed by atoms with E-state index in [1.54, 1.807) is 17.1 Å². The van der Waals surface area contributed by atoms with Crippen LogP contribution < -0.4 is 10.6 Å². The van der Waals surface area contributed by atoms with Gasteiger partial charge in [-0.2, -0.15) is 5.10 Å². The Hall–Kier alpha value is -1.92. The van der Waals surface area contributed by atoms with E-state index in [1.165, 1.54) is 6.33 Å². The van der Waals surface area contributed by atoms with Crippen molar-refractivity contribution in [1.29, 1.82) is 0 Å². The fourth-order valence-electron chi connectivity index (χ4n) is 1.96. The van der Waals surface area contributed by atoms with Gasteiger partial charge < -0.3 is 10.6 Å². The van der Waals surface area contributed by atoms with Crippen molar-refractivity contribution in [2.45, 2.75) is 13.3 Å². The van der Waals surface area contributed by atoms with Crippen LogP contribution in [0.2, 0.25) is 0 Å². The number of nitrogens with one attached hydrogen (secondary N) is 2. The first-order valence-electron chi connectivity index (χ1n) is 6.61. The summed E-state index contributed by atoms with van der Waals surface area (Å²) in [6.07, 6.45) is 4.04. The summed E-state index contributed by atoms with van der Waals surface area (Å²) >= 11 is 0. The predicted molar refractivity (Wildman–Crippen MR) is 84.2 cm³/mol. The van der Waals surface area contributed by atoms with Crippen LogP contribution >= 0.6 is 12.4 Å². The second kappa shape index (κ2) is 8.39. The van der Waals surface area contributed by atoms with Crippen LogP contribution in [0.3, 0.4) is 0 Å². The van der Waals surface area contributed by atoms with Gasteiger partial charge in [0.1, 0.15) is 12.7 Å². The molecule has 0 atom stereocenters. The molecule has 0 saturated carbocycles. The lowest BCUT2D eigenvalue weighted by molar-refractivity contribution is 0.0953. The molecule has 1 aromatic carbocycles. The molecule has 0 bridgehead atoms. The Bertz CT molecular complexity index is 571. The molecule has 0 saturated heterocycles. The van der Waals surface area contributed by atoms with Crippen LogP contribution in [0.5, 0.6) is 0 Å². The molecule has 7 heteroatoms. The Morgan fingerprint density at radius 1 is 1.33 bits per heavy atom. The average Bonchev–Trinajstić information content (AvgIpc) is 2.97. The third-order valence-corrected chi connectivity index (χ3v) is 3.01. The number of aromatic nitrogens is 3. The van der Waals surface area contributed by atoms with E-state index >= 15 is 0 Å². The van der Waals surface area contributed by atoms with Crippen LogP contribution in [-0.2, 0) is 0 Å². The first-order chi connectivity index (χ1) is 9.72. The molecule has 0 fully saturated rings. The number of hydrogen-bond donors (Lipinski definition) is 2. The lowest BCUT2D eigenvalue weighted by atomic mass is 10.1. The number of aryl methyl sites for hydroxylation is 1. The van der Waals surface area contributed by atoms with Gasteiger partial charge in [-0.25, -0.2) is 9.67 Å². The Kier molecular flexibility index (Phi) is 6.84. The SMILES string of the molecule is CNCCCNC(=O)c1ccc(-n2cncn2)c(C)c1.Cl. The molecule has 1 amide bonds. The summed E-state index contributed by atoms with van der Waals surface area (Å²) in [5.41, 5.74) is 2.57. The molecule has 2 N–H and O–H groups in total. The van der Waals surface area contributed by atoms with E-state index in [1.807, 2.05) is 26.1 Å². The van der Waals surface area contributed by atoms with Crippen molar-refractivity contribution in [2.75, 3.05) is 20.1 Å². The molecule has 0 spiro atoms. The highest BCUT2D eigenvalue weighted by atomic mass is 35.5. The maximum absolute atomic E-state index is 12.0. The third kappa shape index (κ3) is 4.54. The summed E-state index contributed by atoms with van der Waals surface area (Å²) in [6.45, 7) is 3.52. The van der Waals surface area contributed by atoms with Crippen molar-refractivity contribution in [3.05, 3.63) is 42.0 Å². The van der Waals surface area contributed by atoms with Gasteiger partial charge in [-0.1, -0.05) is 0 Å². The lowest BCUT2D eigenvalue weighted by Crippen LogP contribution is -2.26. The summed E-state index contributed by atoms with van der Waals surface area (Å²) in [5.74, 6) is -0.0469. The molecule has 2 aromatic rings. The minimum atomic E-state index is -0.0469. The zero-order chi connectivity index (χ0) is 14.4. The molecule has 0 aliphatic rings. The number of amides is 1. The first-order valence-corrected chi connectivity index (χ1v) is 6.61. The molecule has 1 heterocycles. The van der Waals surface area contributed by atoms with Crippen LogP contribution in [0.25, 0.3) is 5.69 Å². The zero-order valence-electron chi connectivity index (χ0n) is 12.2. The number of rotatable bonds is 6. The molecule has 2 rings (SSSR count). The van der Waals surface area contributed by atoms with Crippen molar-refractivity contribution in [2.24, 2.45) is 0 Å². The number of nitrogens with zero attached hydrogens (tertiary/aromatic N) is 3. The highest BCUT2D eigenvalue weighted by molar-refractivity contribution is 5.94. The minimum Gasteiger partial charge on any atom is -0.352 e. The van der Waals surface area contributed by atoms with Gasteiger partial charge in [-0.05, 0) is 50.7 Å². The van der Waals surface area contributed by atoms with Crippen molar-refractivity contribution in [1.82, 2.24) is 25.4 Å². The molecular weight excluding hydrogens is 290 g/mol. The van der Waals surface area contributed by atoms with Crippen LogP contribution in [0.4, 0.5) is 0 Å². The Balaban J connectivity index is 0.00000220. The van der Waals surface area contributed by atoms with E-state index in [0.29, 0.717) is 12.1 Å². The van der Waals surface area contributed by atoms with E-state index in [-0.39, 0.29) is 18.3 Å². The zero-order valence-corrected chi connectivity index (χ0v) is 13.0. The van der Waals surface area contributed by atoms with Crippen molar-refractivity contribution >= 4 is 18.3 Å². The second-order valence-electron chi connectivity index (χ2n) is 4.55. The highest BCUT2D eigenvalue weighted by Gasteiger charge is 2.08. The largest absolute Gasteiger partial charge is 0.352 e. The quantitative estimate of drug-likeness (QED) is 0.790. The number of carbonyl (C=O) groups is 1. The van der Waals surface area contributed by atoms with E-state index in [2.05, 4.69) is 20.7 Å². The highest BCUT2D eigenvalue weighted by Crippen LogP contribution is 2.14. The van der Waals surface area contributed by atoms with E-state index < -0.39 is 0 Å². The maximum Gasteiger partial charge on any atom is 0.251 e. The molecule has 1 aromatic heterocycles. The monoisotopic (exact) mass is 309 g/mol. The molecule has 0 aliphatic carbocycles. The summed E-state index contributed by atoms with van der Waals surface area (Å²) < 4.78 is 1.68. The van der Waals surface area contributed by atoms with Gasteiger partial charge in [0, 0.05) is 12.1 Å². The summed E-state index contributed by atoms with van der Waals surface area (Å²) in [6, 6.07) is 5.55. The lowest BCUT2D eigenvalue weighted by Gasteiger charge is -2.09. The van der Waals surface area contributed by atoms with Gasteiger partial charge in [0.25, 0.3) is 5.91 Å². The standard InChI is InChI=1S/C14H19N5O.ClH/c1-11-8-12(14(20)17-7-3-6-15-2)4-5-13(11)19-10-16-9-18-19;/h4-5,8-10,15H,3,6-7H2,1-2H3,(H,17,20);1H. The second-order valence-corrected chi connectivity index (χ2v) is 4.55. The molecule has 0 radical (unpaired) electrons. The predicted octanol–water partition coefficient (Wildman–Crippen LogP) is 1.34. The number of hydrogen-bond acceptors (Lipinski definition) is 4. The van der Waals surface area contributed by atoms with Gasteiger partial charge in [0.15, 0.2) is 0 Å². The topological polar surface area (TPSA) is 71.8 Å². The Morgan fingerprint density at radius 2 is 2.14 bits per heavy atom. The van der Waals surface area contributed by atoms with Crippen molar-refractivity contribution in [3.63, 3.8) is 0 Å². The smallest absolute Gasteiger partial charge is 0.251 e. The summed E-state index contributed by atoms with van der Waals surface area (Å²) in [7, 11) is 1.90. The molecule has 114 valence electrons. The van der Waals surface area contributed by atoms with Gasteiger partial charge in [0.05, 0.1) is 5.69 Å².